The number of thioether (sulfide) groups is 1. The van der Waals surface area contributed by atoms with E-state index in [4.69, 9.17) is 4.74 Å². The molecule has 1 N–H and O–H groups in total. The van der Waals surface area contributed by atoms with Crippen LogP contribution in [0.1, 0.15) is 54.5 Å². The highest BCUT2D eigenvalue weighted by atomic mass is 32.2. The van der Waals surface area contributed by atoms with Gasteiger partial charge in [0.1, 0.15) is 17.3 Å². The summed E-state index contributed by atoms with van der Waals surface area (Å²) in [5.41, 5.74) is 2.05. The Labute approximate surface area is 274 Å². The fourth-order valence-electron chi connectivity index (χ4n) is 5.45. The predicted octanol–water partition coefficient (Wildman–Crippen LogP) is 8.63. The number of aliphatic hydroxyl groups excluding tert-OH is 1. The number of aliphatic hydroxyl groups is 1. The standard InChI is InChI=1S/C36H32FN3O4S2/c1-3-4-7-19-44-27-17-15-24(16-18-27)31-30(32(41)25-14-13-22(2)29(37)20-25)33(42)34(43)40(31)35-38-39-36(46-35)45-21-26-11-8-10-23-9-5-6-12-28(23)26/h5-6,8-18,20,31,41H,3-4,7,19,21H2,1-2H3/t31-/m0/s1. The number of unbranched alkanes of at least 4 members (excludes halogenated alkanes) is 2. The summed E-state index contributed by atoms with van der Waals surface area (Å²) in [6, 6.07) is 24.6. The quantitative estimate of drug-likeness (QED) is 0.0381. The van der Waals surface area contributed by atoms with Crippen molar-refractivity contribution in [2.75, 3.05) is 11.5 Å². The van der Waals surface area contributed by atoms with E-state index in [0.29, 0.717) is 33.6 Å². The number of anilines is 1. The highest BCUT2D eigenvalue weighted by molar-refractivity contribution is 8.00. The highest BCUT2D eigenvalue weighted by Crippen LogP contribution is 2.44. The van der Waals surface area contributed by atoms with Crippen LogP contribution in [0.2, 0.25) is 0 Å². The van der Waals surface area contributed by atoms with Crippen LogP contribution < -0.4 is 9.64 Å². The Morgan fingerprint density at radius 1 is 1.00 bits per heavy atom. The van der Waals surface area contributed by atoms with Gasteiger partial charge in [-0.25, -0.2) is 4.39 Å². The van der Waals surface area contributed by atoms with Gasteiger partial charge >= 0.3 is 5.91 Å². The lowest BCUT2D eigenvalue weighted by Gasteiger charge is -2.22. The first-order valence-corrected chi connectivity index (χ1v) is 16.9. The Morgan fingerprint density at radius 3 is 2.57 bits per heavy atom. The normalized spacial score (nSPS) is 16.0. The zero-order chi connectivity index (χ0) is 32.2. The topological polar surface area (TPSA) is 92.6 Å². The summed E-state index contributed by atoms with van der Waals surface area (Å²) in [7, 11) is 0. The number of aryl methyl sites for hydroxylation is 1. The van der Waals surface area contributed by atoms with Crippen LogP contribution in [0, 0.1) is 12.7 Å². The van der Waals surface area contributed by atoms with Gasteiger partial charge in [-0.15, -0.1) is 10.2 Å². The molecule has 1 amide bonds. The molecule has 10 heteroatoms. The maximum atomic E-state index is 14.5. The van der Waals surface area contributed by atoms with Crippen LogP contribution in [0.25, 0.3) is 16.5 Å². The van der Waals surface area contributed by atoms with Crippen LogP contribution in [-0.4, -0.2) is 33.6 Å². The maximum absolute atomic E-state index is 14.5. The average Bonchev–Trinajstić information content (AvgIpc) is 3.64. The van der Waals surface area contributed by atoms with Crippen molar-refractivity contribution in [3.8, 4) is 5.75 Å². The molecule has 2 heterocycles. The Kier molecular flexibility index (Phi) is 9.46. The maximum Gasteiger partial charge on any atom is 0.301 e. The van der Waals surface area contributed by atoms with Crippen molar-refractivity contribution >= 4 is 56.5 Å². The highest BCUT2D eigenvalue weighted by Gasteiger charge is 2.48. The van der Waals surface area contributed by atoms with E-state index in [1.54, 1.807) is 31.2 Å². The smallest absolute Gasteiger partial charge is 0.301 e. The van der Waals surface area contributed by atoms with E-state index in [2.05, 4.69) is 41.4 Å². The van der Waals surface area contributed by atoms with Crippen LogP contribution in [0.15, 0.2) is 94.8 Å². The lowest BCUT2D eigenvalue weighted by Crippen LogP contribution is -2.29. The predicted molar refractivity (Wildman–Crippen MR) is 181 cm³/mol. The first kappa shape index (κ1) is 31.4. The van der Waals surface area contributed by atoms with Gasteiger partial charge < -0.3 is 9.84 Å². The molecule has 1 fully saturated rings. The van der Waals surface area contributed by atoms with E-state index in [9.17, 15) is 19.1 Å². The number of carbonyl (C=O) groups excluding carboxylic acids is 2. The number of Topliss-reactive ketones (excluding diaryl/α,β-unsaturated/α-hetero) is 1. The molecule has 0 aliphatic carbocycles. The Balaban J connectivity index is 1.34. The van der Waals surface area contributed by atoms with Crippen LogP contribution in [0.4, 0.5) is 9.52 Å². The third kappa shape index (κ3) is 6.41. The number of hydrogen-bond acceptors (Lipinski definition) is 8. The van der Waals surface area contributed by atoms with Crippen molar-refractivity contribution < 1.29 is 23.8 Å². The molecule has 7 nitrogen and oxygen atoms in total. The fraction of sp³-hybridized carbons (Fsp3) is 0.222. The van der Waals surface area contributed by atoms with Gasteiger partial charge in [0.2, 0.25) is 5.13 Å². The number of benzene rings is 4. The van der Waals surface area contributed by atoms with Gasteiger partial charge in [-0.3, -0.25) is 14.5 Å². The second-order valence-electron chi connectivity index (χ2n) is 11.0. The average molecular weight is 654 g/mol. The minimum Gasteiger partial charge on any atom is -0.507 e. The number of halogens is 1. The molecule has 4 aromatic carbocycles. The monoisotopic (exact) mass is 653 g/mol. The molecular formula is C36H32FN3O4S2. The number of ether oxygens (including phenoxy) is 1. The van der Waals surface area contributed by atoms with Gasteiger partial charge in [0.05, 0.1) is 18.2 Å². The van der Waals surface area contributed by atoms with Crippen molar-refractivity contribution in [1.82, 2.24) is 10.2 Å². The molecule has 0 bridgehead atoms. The van der Waals surface area contributed by atoms with Crippen LogP contribution >= 0.6 is 23.1 Å². The molecule has 0 radical (unpaired) electrons. The van der Waals surface area contributed by atoms with Crippen molar-refractivity contribution in [3.63, 3.8) is 0 Å². The summed E-state index contributed by atoms with van der Waals surface area (Å²) in [5, 5.41) is 22.6. The lowest BCUT2D eigenvalue weighted by molar-refractivity contribution is -0.132. The van der Waals surface area contributed by atoms with E-state index >= 15 is 0 Å². The van der Waals surface area contributed by atoms with E-state index < -0.39 is 29.3 Å². The van der Waals surface area contributed by atoms with Crippen molar-refractivity contribution in [2.45, 2.75) is 49.2 Å². The number of ketones is 1. The number of amides is 1. The largest absolute Gasteiger partial charge is 0.507 e. The first-order chi connectivity index (χ1) is 22.4. The van der Waals surface area contributed by atoms with Gasteiger partial charge in [0.25, 0.3) is 5.78 Å². The number of carbonyl (C=O) groups is 2. The van der Waals surface area contributed by atoms with E-state index in [1.807, 2.05) is 18.2 Å². The van der Waals surface area contributed by atoms with Gasteiger partial charge in [-0.1, -0.05) is 110 Å². The number of rotatable bonds is 11. The summed E-state index contributed by atoms with van der Waals surface area (Å²) in [4.78, 5) is 28.5. The minimum atomic E-state index is -1.01. The van der Waals surface area contributed by atoms with E-state index in [1.165, 1.54) is 40.1 Å². The molecule has 1 aliphatic rings. The van der Waals surface area contributed by atoms with Gasteiger partial charge in [-0.05, 0) is 59.0 Å². The first-order valence-electron chi connectivity index (χ1n) is 15.1. The van der Waals surface area contributed by atoms with Crippen LogP contribution in [-0.2, 0) is 15.3 Å². The molecule has 1 saturated heterocycles. The molecule has 1 aliphatic heterocycles. The SMILES string of the molecule is CCCCCOc1ccc([C@H]2C(=C(O)c3ccc(C)c(F)c3)C(=O)C(=O)N2c2nnc(SCc3cccc4ccccc34)s2)cc1. The summed E-state index contributed by atoms with van der Waals surface area (Å²) in [5.74, 6) is -1.43. The number of aromatic nitrogens is 2. The Bertz CT molecular complexity index is 1930. The number of nitrogens with zero attached hydrogens (tertiary/aromatic N) is 3. The molecule has 6 rings (SSSR count). The second-order valence-corrected chi connectivity index (χ2v) is 13.2. The second kappa shape index (κ2) is 13.8. The lowest BCUT2D eigenvalue weighted by atomic mass is 9.95. The summed E-state index contributed by atoms with van der Waals surface area (Å²) < 4.78 is 21.0. The minimum absolute atomic E-state index is 0.102. The van der Waals surface area contributed by atoms with Gasteiger partial charge in [0, 0.05) is 11.3 Å². The molecule has 0 saturated carbocycles. The fourth-order valence-corrected chi connectivity index (χ4v) is 7.32. The molecular weight excluding hydrogens is 622 g/mol. The van der Waals surface area contributed by atoms with Crippen molar-refractivity contribution in [3.05, 3.63) is 119 Å². The third-order valence-corrected chi connectivity index (χ3v) is 10.0. The van der Waals surface area contributed by atoms with Gasteiger partial charge in [-0.2, -0.15) is 0 Å². The molecule has 0 spiro atoms. The molecule has 46 heavy (non-hydrogen) atoms. The molecule has 234 valence electrons. The summed E-state index contributed by atoms with van der Waals surface area (Å²) in [6.45, 7) is 4.31. The van der Waals surface area contributed by atoms with Crippen molar-refractivity contribution in [1.29, 1.82) is 0 Å². The van der Waals surface area contributed by atoms with E-state index in [0.717, 1.165) is 41.7 Å². The molecule has 1 atom stereocenters. The zero-order valence-corrected chi connectivity index (χ0v) is 27.0. The third-order valence-electron chi connectivity index (χ3n) is 7.94. The Hall–Kier alpha value is -4.54. The molecule has 0 unspecified atom stereocenters. The van der Waals surface area contributed by atoms with Crippen molar-refractivity contribution in [2.24, 2.45) is 0 Å². The molecule has 5 aromatic rings. The van der Waals surface area contributed by atoms with E-state index in [-0.39, 0.29) is 16.3 Å². The number of hydrogen-bond donors (Lipinski definition) is 1. The summed E-state index contributed by atoms with van der Waals surface area (Å²) in [6.07, 6.45) is 3.08. The molecule has 1 aromatic heterocycles. The summed E-state index contributed by atoms with van der Waals surface area (Å²) >= 11 is 2.69. The van der Waals surface area contributed by atoms with Crippen LogP contribution in [0.5, 0.6) is 5.75 Å². The Morgan fingerprint density at radius 2 is 1.78 bits per heavy atom. The number of fused-ring (bicyclic) bond motifs is 1. The van der Waals surface area contributed by atoms with Crippen LogP contribution in [0.3, 0.4) is 0 Å². The van der Waals surface area contributed by atoms with Gasteiger partial charge in [0.15, 0.2) is 4.34 Å². The zero-order valence-electron chi connectivity index (χ0n) is 25.4.